The molecule has 8 heteroatoms. The number of morpholine rings is 1. The molecule has 0 bridgehead atoms. The van der Waals surface area contributed by atoms with Crippen molar-refractivity contribution in [3.8, 4) is 11.5 Å². The Bertz CT molecular complexity index is 1120. The second kappa shape index (κ2) is 14.1. The van der Waals surface area contributed by atoms with E-state index in [2.05, 4.69) is 11.8 Å². The number of likely N-dealkylation sites (tertiary alicyclic amines) is 1. The predicted octanol–water partition coefficient (Wildman–Crippen LogP) is 4.80. The van der Waals surface area contributed by atoms with Crippen LogP contribution < -0.4 is 9.47 Å². The zero-order valence-corrected chi connectivity index (χ0v) is 23.1. The van der Waals surface area contributed by atoms with Crippen LogP contribution in [0, 0.1) is 0 Å². The summed E-state index contributed by atoms with van der Waals surface area (Å²) in [6.45, 7) is 9.28. The number of hydrogen-bond donors (Lipinski definition) is 1. The van der Waals surface area contributed by atoms with Crippen LogP contribution in [0.4, 0.5) is 0 Å². The van der Waals surface area contributed by atoms with Crippen LogP contribution in [0.2, 0.25) is 0 Å². The summed E-state index contributed by atoms with van der Waals surface area (Å²) in [5.74, 6) is -0.0364. The molecule has 0 radical (unpaired) electrons. The number of nitrogens with zero attached hydrogens (tertiary/aromatic N) is 2. The maximum absolute atomic E-state index is 13.4. The third-order valence-electron chi connectivity index (χ3n) is 7.11. The lowest BCUT2D eigenvalue weighted by Crippen LogP contribution is -2.42. The van der Waals surface area contributed by atoms with Crippen LogP contribution >= 0.6 is 0 Å². The Morgan fingerprint density at radius 1 is 0.872 bits per heavy atom. The summed E-state index contributed by atoms with van der Waals surface area (Å²) in [7, 11) is 0. The average molecular weight is 537 g/mol. The van der Waals surface area contributed by atoms with Gasteiger partial charge >= 0.3 is 0 Å². The lowest BCUT2D eigenvalue weighted by atomic mass is 9.95. The molecule has 0 aromatic heterocycles. The fraction of sp³-hybridized carbons (Fsp3) is 0.484. The summed E-state index contributed by atoms with van der Waals surface area (Å²) >= 11 is 0. The SMILES string of the molecule is CCCCCOc1ccc(C2C(=C(O)c3ccc(OCCC)cc3)C(=O)C(=O)N2CCN2CCOCC2)cc1. The van der Waals surface area contributed by atoms with Crippen LogP contribution in [-0.2, 0) is 14.3 Å². The Labute approximate surface area is 231 Å². The Morgan fingerprint density at radius 2 is 1.51 bits per heavy atom. The molecule has 1 unspecified atom stereocenters. The molecule has 39 heavy (non-hydrogen) atoms. The van der Waals surface area contributed by atoms with E-state index in [1.54, 1.807) is 29.2 Å². The molecule has 2 saturated heterocycles. The number of ketones is 1. The van der Waals surface area contributed by atoms with Gasteiger partial charge in [0.2, 0.25) is 0 Å². The van der Waals surface area contributed by atoms with E-state index >= 15 is 0 Å². The highest BCUT2D eigenvalue weighted by atomic mass is 16.5. The summed E-state index contributed by atoms with van der Waals surface area (Å²) in [4.78, 5) is 30.5. The zero-order valence-electron chi connectivity index (χ0n) is 23.1. The van der Waals surface area contributed by atoms with Gasteiger partial charge in [0.05, 0.1) is 38.0 Å². The van der Waals surface area contributed by atoms with Crippen LogP contribution in [-0.4, -0.2) is 79.2 Å². The highest BCUT2D eigenvalue weighted by molar-refractivity contribution is 6.46. The number of ether oxygens (including phenoxy) is 3. The molecule has 0 spiro atoms. The van der Waals surface area contributed by atoms with E-state index in [0.717, 1.165) is 50.1 Å². The fourth-order valence-corrected chi connectivity index (χ4v) is 4.90. The quantitative estimate of drug-likeness (QED) is 0.170. The highest BCUT2D eigenvalue weighted by Crippen LogP contribution is 2.40. The van der Waals surface area contributed by atoms with Crippen molar-refractivity contribution in [1.82, 2.24) is 9.80 Å². The van der Waals surface area contributed by atoms with Crippen molar-refractivity contribution in [2.45, 2.75) is 45.6 Å². The predicted molar refractivity (Wildman–Crippen MR) is 150 cm³/mol. The van der Waals surface area contributed by atoms with Crippen molar-refractivity contribution < 1.29 is 28.9 Å². The van der Waals surface area contributed by atoms with Gasteiger partial charge in [-0.15, -0.1) is 0 Å². The maximum atomic E-state index is 13.4. The number of hydrogen-bond acceptors (Lipinski definition) is 7. The highest BCUT2D eigenvalue weighted by Gasteiger charge is 2.46. The van der Waals surface area contributed by atoms with Crippen LogP contribution in [0.25, 0.3) is 5.76 Å². The van der Waals surface area contributed by atoms with Gasteiger partial charge in [-0.2, -0.15) is 0 Å². The van der Waals surface area contributed by atoms with E-state index in [1.165, 1.54) is 0 Å². The molecule has 2 aromatic carbocycles. The Balaban J connectivity index is 1.63. The smallest absolute Gasteiger partial charge is 0.295 e. The molecule has 210 valence electrons. The van der Waals surface area contributed by atoms with Crippen LogP contribution in [0.5, 0.6) is 11.5 Å². The summed E-state index contributed by atoms with van der Waals surface area (Å²) in [6.07, 6.45) is 4.11. The number of benzene rings is 2. The summed E-state index contributed by atoms with van der Waals surface area (Å²) in [5.41, 5.74) is 1.31. The number of Topliss-reactive ketones (excluding diaryl/α,β-unsaturated/α-hetero) is 1. The van der Waals surface area contributed by atoms with Gasteiger partial charge in [-0.25, -0.2) is 0 Å². The van der Waals surface area contributed by atoms with Crippen LogP contribution in [0.15, 0.2) is 54.1 Å². The second-order valence-electron chi connectivity index (χ2n) is 9.94. The molecular formula is C31H40N2O6. The molecular weight excluding hydrogens is 496 g/mol. The third-order valence-corrected chi connectivity index (χ3v) is 7.11. The lowest BCUT2D eigenvalue weighted by Gasteiger charge is -2.31. The van der Waals surface area contributed by atoms with Gasteiger partial charge in [-0.3, -0.25) is 14.5 Å². The molecule has 0 saturated carbocycles. The number of aliphatic hydroxyl groups excluding tert-OH is 1. The van der Waals surface area contributed by atoms with Gasteiger partial charge in [0.25, 0.3) is 11.7 Å². The summed E-state index contributed by atoms with van der Waals surface area (Å²) in [6, 6.07) is 13.7. The fourth-order valence-electron chi connectivity index (χ4n) is 4.90. The molecule has 2 heterocycles. The van der Waals surface area contributed by atoms with E-state index in [4.69, 9.17) is 14.2 Å². The zero-order chi connectivity index (χ0) is 27.6. The van der Waals surface area contributed by atoms with Crippen molar-refractivity contribution in [1.29, 1.82) is 0 Å². The lowest BCUT2D eigenvalue weighted by molar-refractivity contribution is -0.140. The normalized spacial score (nSPS) is 19.4. The molecule has 1 atom stereocenters. The first-order chi connectivity index (χ1) is 19.0. The van der Waals surface area contributed by atoms with Crippen molar-refractivity contribution in [2.24, 2.45) is 0 Å². The molecule has 0 aliphatic carbocycles. The van der Waals surface area contributed by atoms with Crippen LogP contribution in [0.1, 0.15) is 56.7 Å². The molecule has 4 rings (SSSR count). The monoisotopic (exact) mass is 536 g/mol. The van der Waals surface area contributed by atoms with Gasteiger partial charge in [0.1, 0.15) is 17.3 Å². The van der Waals surface area contributed by atoms with Gasteiger partial charge in [0.15, 0.2) is 0 Å². The molecule has 2 aromatic rings. The molecule has 1 N–H and O–H groups in total. The first-order valence-corrected chi connectivity index (χ1v) is 14.1. The molecule has 2 aliphatic rings. The average Bonchev–Trinajstić information content (AvgIpc) is 3.23. The largest absolute Gasteiger partial charge is 0.507 e. The third kappa shape index (κ3) is 7.19. The number of unbranched alkanes of at least 4 members (excludes halogenated alkanes) is 2. The van der Waals surface area contributed by atoms with E-state index in [1.807, 2.05) is 31.2 Å². The van der Waals surface area contributed by atoms with E-state index < -0.39 is 17.7 Å². The van der Waals surface area contributed by atoms with Crippen molar-refractivity contribution in [3.05, 3.63) is 65.2 Å². The van der Waals surface area contributed by atoms with E-state index in [-0.39, 0.29) is 11.3 Å². The molecule has 1 amide bonds. The van der Waals surface area contributed by atoms with Crippen molar-refractivity contribution >= 4 is 17.4 Å². The minimum Gasteiger partial charge on any atom is -0.507 e. The number of aliphatic hydroxyl groups is 1. The van der Waals surface area contributed by atoms with Gasteiger partial charge in [-0.05, 0) is 54.8 Å². The van der Waals surface area contributed by atoms with Gasteiger partial charge in [0, 0.05) is 31.7 Å². The minimum atomic E-state index is -0.698. The van der Waals surface area contributed by atoms with Crippen molar-refractivity contribution in [3.63, 3.8) is 0 Å². The Morgan fingerprint density at radius 3 is 2.15 bits per heavy atom. The minimum absolute atomic E-state index is 0.0980. The first kappa shape index (κ1) is 28.6. The van der Waals surface area contributed by atoms with Gasteiger partial charge in [-0.1, -0.05) is 38.8 Å². The molecule has 2 aliphatic heterocycles. The number of carbonyl (C=O) groups is 2. The molecule has 8 nitrogen and oxygen atoms in total. The topological polar surface area (TPSA) is 88.5 Å². The molecule has 2 fully saturated rings. The van der Waals surface area contributed by atoms with E-state index in [9.17, 15) is 14.7 Å². The summed E-state index contributed by atoms with van der Waals surface area (Å²) < 4.78 is 17.0. The standard InChI is InChI=1S/C31H40N2O6/c1-3-5-6-20-39-26-11-7-23(8-12-26)28-27(29(34)24-9-13-25(14-10-24)38-19-4-2)30(35)31(36)33(28)16-15-32-17-21-37-22-18-32/h7-14,28,34H,3-6,15-22H2,1-2H3. The van der Waals surface area contributed by atoms with Crippen LogP contribution in [0.3, 0.4) is 0 Å². The number of carbonyl (C=O) groups excluding carboxylic acids is 2. The summed E-state index contributed by atoms with van der Waals surface area (Å²) in [5, 5.41) is 11.4. The Hall–Kier alpha value is -3.36. The first-order valence-electron chi connectivity index (χ1n) is 14.1. The maximum Gasteiger partial charge on any atom is 0.295 e. The van der Waals surface area contributed by atoms with Gasteiger partial charge < -0.3 is 24.2 Å². The van der Waals surface area contributed by atoms with Crippen molar-refractivity contribution in [2.75, 3.05) is 52.6 Å². The van der Waals surface area contributed by atoms with E-state index in [0.29, 0.717) is 50.8 Å². The number of amides is 1. The number of rotatable bonds is 13. The second-order valence-corrected chi connectivity index (χ2v) is 9.94. The Kier molecular flexibility index (Phi) is 10.4.